The van der Waals surface area contributed by atoms with E-state index >= 15 is 0 Å². The Labute approximate surface area is 102 Å². The number of aryl methyl sites for hydroxylation is 1. The minimum atomic E-state index is 0.544. The third-order valence-electron chi connectivity index (χ3n) is 2.24. The summed E-state index contributed by atoms with van der Waals surface area (Å²) in [6, 6.07) is 0.544. The van der Waals surface area contributed by atoms with Gasteiger partial charge in [-0.2, -0.15) is 0 Å². The van der Waals surface area contributed by atoms with E-state index in [0.717, 1.165) is 12.3 Å². The predicted molar refractivity (Wildman–Crippen MR) is 66.7 cm³/mol. The van der Waals surface area contributed by atoms with Crippen LogP contribution in [0, 0.1) is 6.92 Å². The standard InChI is InChI=1S/C11H21N3OS/c1-4-6-10(12-7-5-2)8-16-11-14-13-9(3)15-11/h10,12H,4-8H2,1-3H3. The maximum Gasteiger partial charge on any atom is 0.276 e. The van der Waals surface area contributed by atoms with Gasteiger partial charge in [-0.25, -0.2) is 0 Å². The van der Waals surface area contributed by atoms with Crippen molar-refractivity contribution in [1.82, 2.24) is 15.5 Å². The molecule has 4 nitrogen and oxygen atoms in total. The molecule has 0 spiro atoms. The number of nitrogens with zero attached hydrogens (tertiary/aromatic N) is 2. The molecule has 92 valence electrons. The van der Waals surface area contributed by atoms with Gasteiger partial charge in [0.1, 0.15) is 0 Å². The molecule has 1 aromatic heterocycles. The van der Waals surface area contributed by atoms with Gasteiger partial charge in [-0.3, -0.25) is 0 Å². The molecule has 0 saturated heterocycles. The first-order chi connectivity index (χ1) is 7.76. The van der Waals surface area contributed by atoms with Gasteiger partial charge < -0.3 is 9.73 Å². The van der Waals surface area contributed by atoms with Crippen molar-refractivity contribution in [3.05, 3.63) is 5.89 Å². The molecule has 5 heteroatoms. The van der Waals surface area contributed by atoms with Gasteiger partial charge in [0.05, 0.1) is 0 Å². The molecule has 1 N–H and O–H groups in total. The zero-order valence-electron chi connectivity index (χ0n) is 10.3. The zero-order chi connectivity index (χ0) is 11.8. The summed E-state index contributed by atoms with van der Waals surface area (Å²) in [6.45, 7) is 7.29. The summed E-state index contributed by atoms with van der Waals surface area (Å²) in [4.78, 5) is 0. The van der Waals surface area contributed by atoms with Gasteiger partial charge in [0, 0.05) is 18.7 Å². The fourth-order valence-corrected chi connectivity index (χ4v) is 2.36. The first kappa shape index (κ1) is 13.5. The molecule has 0 aromatic carbocycles. The van der Waals surface area contributed by atoms with Gasteiger partial charge in [0.15, 0.2) is 0 Å². The van der Waals surface area contributed by atoms with Crippen LogP contribution in [-0.4, -0.2) is 28.5 Å². The summed E-state index contributed by atoms with van der Waals surface area (Å²) in [6.07, 6.45) is 3.56. The van der Waals surface area contributed by atoms with Crippen LogP contribution in [0.25, 0.3) is 0 Å². The molecule has 16 heavy (non-hydrogen) atoms. The van der Waals surface area contributed by atoms with Crippen molar-refractivity contribution >= 4 is 11.8 Å². The molecule has 1 atom stereocenters. The topological polar surface area (TPSA) is 51.0 Å². The van der Waals surface area contributed by atoms with Gasteiger partial charge in [0.25, 0.3) is 5.22 Å². The van der Waals surface area contributed by atoms with Crippen molar-refractivity contribution in [2.75, 3.05) is 12.3 Å². The molecule has 0 aliphatic rings. The van der Waals surface area contributed by atoms with Crippen molar-refractivity contribution in [3.8, 4) is 0 Å². The highest BCUT2D eigenvalue weighted by atomic mass is 32.2. The van der Waals surface area contributed by atoms with E-state index < -0.39 is 0 Å². The fourth-order valence-electron chi connectivity index (χ4n) is 1.45. The van der Waals surface area contributed by atoms with Gasteiger partial charge in [-0.1, -0.05) is 32.0 Å². The van der Waals surface area contributed by atoms with E-state index in [-0.39, 0.29) is 0 Å². The lowest BCUT2D eigenvalue weighted by Crippen LogP contribution is -2.31. The highest BCUT2D eigenvalue weighted by molar-refractivity contribution is 7.99. The van der Waals surface area contributed by atoms with E-state index in [1.165, 1.54) is 19.3 Å². The lowest BCUT2D eigenvalue weighted by atomic mass is 10.2. The molecule has 1 aromatic rings. The Morgan fingerprint density at radius 1 is 1.31 bits per heavy atom. The Morgan fingerprint density at radius 3 is 2.69 bits per heavy atom. The third kappa shape index (κ3) is 4.99. The Hall–Kier alpha value is -0.550. The van der Waals surface area contributed by atoms with Crippen LogP contribution in [0.15, 0.2) is 9.64 Å². The Balaban J connectivity index is 2.30. The van der Waals surface area contributed by atoms with Crippen molar-refractivity contribution in [2.24, 2.45) is 0 Å². The Morgan fingerprint density at radius 2 is 2.12 bits per heavy atom. The minimum absolute atomic E-state index is 0.544. The number of thioether (sulfide) groups is 1. The average molecular weight is 243 g/mol. The summed E-state index contributed by atoms with van der Waals surface area (Å²) in [5.74, 6) is 1.63. The zero-order valence-corrected chi connectivity index (χ0v) is 11.1. The van der Waals surface area contributed by atoms with E-state index in [9.17, 15) is 0 Å². The van der Waals surface area contributed by atoms with Gasteiger partial charge >= 0.3 is 0 Å². The Kier molecular flexibility index (Phi) is 6.49. The molecule has 0 bridgehead atoms. The normalized spacial score (nSPS) is 12.9. The van der Waals surface area contributed by atoms with E-state index in [1.807, 2.05) is 6.92 Å². The van der Waals surface area contributed by atoms with Crippen molar-refractivity contribution in [3.63, 3.8) is 0 Å². The maximum absolute atomic E-state index is 5.33. The van der Waals surface area contributed by atoms with Crippen LogP contribution in [0.3, 0.4) is 0 Å². The second-order valence-corrected chi connectivity index (χ2v) is 4.81. The first-order valence-corrected chi connectivity index (χ1v) is 6.91. The molecular weight excluding hydrogens is 222 g/mol. The molecule has 0 radical (unpaired) electrons. The molecule has 0 amide bonds. The van der Waals surface area contributed by atoms with Crippen LogP contribution in [0.1, 0.15) is 39.0 Å². The third-order valence-corrected chi connectivity index (χ3v) is 3.22. The number of hydrogen-bond donors (Lipinski definition) is 1. The highest BCUT2D eigenvalue weighted by Gasteiger charge is 2.10. The quantitative estimate of drug-likeness (QED) is 0.711. The van der Waals surface area contributed by atoms with Crippen LogP contribution in [0.4, 0.5) is 0 Å². The largest absolute Gasteiger partial charge is 0.416 e. The molecule has 0 aliphatic heterocycles. The predicted octanol–water partition coefficient (Wildman–Crippen LogP) is 2.64. The number of aromatic nitrogens is 2. The van der Waals surface area contributed by atoms with Crippen LogP contribution >= 0.6 is 11.8 Å². The second kappa shape index (κ2) is 7.68. The summed E-state index contributed by atoms with van der Waals surface area (Å²) in [7, 11) is 0. The molecule has 1 unspecified atom stereocenters. The Bertz CT molecular complexity index is 291. The summed E-state index contributed by atoms with van der Waals surface area (Å²) < 4.78 is 5.33. The lowest BCUT2D eigenvalue weighted by molar-refractivity contribution is 0.427. The summed E-state index contributed by atoms with van der Waals surface area (Å²) >= 11 is 1.64. The smallest absolute Gasteiger partial charge is 0.276 e. The van der Waals surface area contributed by atoms with E-state index in [1.54, 1.807) is 11.8 Å². The molecule has 1 heterocycles. The molecule has 0 saturated carbocycles. The van der Waals surface area contributed by atoms with Crippen molar-refractivity contribution < 1.29 is 4.42 Å². The van der Waals surface area contributed by atoms with Crippen molar-refractivity contribution in [1.29, 1.82) is 0 Å². The van der Waals surface area contributed by atoms with Crippen molar-refractivity contribution in [2.45, 2.75) is 51.3 Å². The maximum atomic E-state index is 5.33. The van der Waals surface area contributed by atoms with Crippen LogP contribution in [0.2, 0.25) is 0 Å². The molecule has 0 aliphatic carbocycles. The lowest BCUT2D eigenvalue weighted by Gasteiger charge is -2.15. The van der Waals surface area contributed by atoms with Gasteiger partial charge in [-0.15, -0.1) is 10.2 Å². The van der Waals surface area contributed by atoms with Crippen LogP contribution in [-0.2, 0) is 0 Å². The molecule has 0 fully saturated rings. The fraction of sp³-hybridized carbons (Fsp3) is 0.818. The number of hydrogen-bond acceptors (Lipinski definition) is 5. The van der Waals surface area contributed by atoms with Crippen LogP contribution < -0.4 is 5.32 Å². The molecule has 1 rings (SSSR count). The van der Waals surface area contributed by atoms with Gasteiger partial charge in [0.2, 0.25) is 5.89 Å². The molecular formula is C11H21N3OS. The number of nitrogens with one attached hydrogen (secondary N) is 1. The average Bonchev–Trinajstić information content (AvgIpc) is 2.68. The highest BCUT2D eigenvalue weighted by Crippen LogP contribution is 2.18. The number of rotatable bonds is 8. The SMILES string of the molecule is CCCNC(CCC)CSc1nnc(C)o1. The summed E-state index contributed by atoms with van der Waals surface area (Å²) in [5.41, 5.74) is 0. The minimum Gasteiger partial charge on any atom is -0.416 e. The summed E-state index contributed by atoms with van der Waals surface area (Å²) in [5, 5.41) is 12.0. The van der Waals surface area contributed by atoms with E-state index in [4.69, 9.17) is 4.42 Å². The van der Waals surface area contributed by atoms with Crippen LogP contribution in [0.5, 0.6) is 0 Å². The van der Waals surface area contributed by atoms with E-state index in [0.29, 0.717) is 17.2 Å². The monoisotopic (exact) mass is 243 g/mol. The van der Waals surface area contributed by atoms with E-state index in [2.05, 4.69) is 29.4 Å². The first-order valence-electron chi connectivity index (χ1n) is 5.92. The second-order valence-electron chi connectivity index (χ2n) is 3.84. The van der Waals surface area contributed by atoms with Gasteiger partial charge in [-0.05, 0) is 19.4 Å².